The molecule has 0 aromatic rings. The number of piperidine rings is 2. The molecule has 3 aliphatic heterocycles. The summed E-state index contributed by atoms with van der Waals surface area (Å²) in [5.74, 6) is 2.74. The first-order valence-electron chi connectivity index (χ1n) is 7.14. The maximum atomic E-state index is 12.3. The zero-order valence-electron chi connectivity index (χ0n) is 10.5. The number of fused-ring (bicyclic) bond motifs is 3. The second kappa shape index (κ2) is 4.18. The van der Waals surface area contributed by atoms with Crippen molar-refractivity contribution < 1.29 is 9.53 Å². The van der Waals surface area contributed by atoms with Crippen molar-refractivity contribution in [3.8, 4) is 0 Å². The van der Waals surface area contributed by atoms with Crippen LogP contribution in [0.1, 0.15) is 0 Å². The molecule has 0 aromatic heterocycles. The molecule has 4 aliphatic rings. The number of amides is 1. The molecule has 100 valence electrons. The van der Waals surface area contributed by atoms with E-state index < -0.39 is 0 Å². The fraction of sp³-hybridized carbons (Fsp3) is 0.923. The lowest BCUT2D eigenvalue weighted by molar-refractivity contribution is -0.126. The number of nitrogens with one attached hydrogen (secondary N) is 3. The molecule has 0 radical (unpaired) electrons. The average Bonchev–Trinajstić information content (AvgIpc) is 2.83. The van der Waals surface area contributed by atoms with Gasteiger partial charge in [0.05, 0.1) is 13.2 Å². The van der Waals surface area contributed by atoms with Gasteiger partial charge in [0, 0.05) is 36.9 Å². The monoisotopic (exact) mass is 251 g/mol. The largest absolute Gasteiger partial charge is 0.381 e. The van der Waals surface area contributed by atoms with Gasteiger partial charge in [0.1, 0.15) is 0 Å². The highest BCUT2D eigenvalue weighted by Crippen LogP contribution is 2.48. The van der Waals surface area contributed by atoms with Crippen LogP contribution >= 0.6 is 0 Å². The molecule has 1 saturated carbocycles. The van der Waals surface area contributed by atoms with Crippen LogP contribution in [0.3, 0.4) is 0 Å². The standard InChI is InChI=1S/C13H21N3O2/c17-13(11-9-3-15-4-10(9)11)16-12-7-1-14-2-8(12)6-18-5-7/h7-12,14-15H,1-6H2,(H,16,17)/t7?,8?,9-,10+,11?,12?. The fourth-order valence-electron chi connectivity index (χ4n) is 4.09. The Balaban J connectivity index is 1.40. The minimum atomic E-state index is 0.294. The molecule has 3 heterocycles. The highest BCUT2D eigenvalue weighted by molar-refractivity contribution is 5.83. The molecule has 5 nitrogen and oxygen atoms in total. The van der Waals surface area contributed by atoms with E-state index in [-0.39, 0.29) is 0 Å². The predicted molar refractivity (Wildman–Crippen MR) is 65.9 cm³/mol. The molecule has 4 fully saturated rings. The Labute approximate surface area is 107 Å². The number of hydrogen-bond donors (Lipinski definition) is 3. The van der Waals surface area contributed by atoms with Gasteiger partial charge in [0.2, 0.25) is 5.91 Å². The third-order valence-electron chi connectivity index (χ3n) is 5.20. The topological polar surface area (TPSA) is 62.4 Å². The Morgan fingerprint density at radius 1 is 1.00 bits per heavy atom. The van der Waals surface area contributed by atoms with E-state index in [4.69, 9.17) is 4.74 Å². The Morgan fingerprint density at radius 2 is 1.61 bits per heavy atom. The average molecular weight is 251 g/mol. The molecule has 3 saturated heterocycles. The number of hydrogen-bond acceptors (Lipinski definition) is 4. The van der Waals surface area contributed by atoms with Crippen LogP contribution in [0, 0.1) is 29.6 Å². The van der Waals surface area contributed by atoms with Crippen LogP contribution in [0.25, 0.3) is 0 Å². The second-order valence-electron chi connectivity index (χ2n) is 6.26. The molecule has 3 unspecified atom stereocenters. The lowest BCUT2D eigenvalue weighted by Crippen LogP contribution is -2.60. The summed E-state index contributed by atoms with van der Waals surface area (Å²) in [6.07, 6.45) is 0. The van der Waals surface area contributed by atoms with Crippen LogP contribution < -0.4 is 16.0 Å². The predicted octanol–water partition coefficient (Wildman–Crippen LogP) is -1.20. The van der Waals surface area contributed by atoms with Crippen molar-refractivity contribution >= 4 is 5.91 Å². The molecule has 2 bridgehead atoms. The van der Waals surface area contributed by atoms with Gasteiger partial charge in [-0.1, -0.05) is 0 Å². The Morgan fingerprint density at radius 3 is 2.28 bits per heavy atom. The van der Waals surface area contributed by atoms with Crippen LogP contribution in [0.5, 0.6) is 0 Å². The smallest absolute Gasteiger partial charge is 0.224 e. The molecular formula is C13H21N3O2. The first kappa shape index (κ1) is 11.2. The highest BCUT2D eigenvalue weighted by atomic mass is 16.5. The maximum absolute atomic E-state index is 12.3. The van der Waals surface area contributed by atoms with Gasteiger partial charge < -0.3 is 20.7 Å². The first-order chi connectivity index (χ1) is 8.84. The number of carbonyl (C=O) groups is 1. The SMILES string of the molecule is O=C(NC1C2CNCC1COC2)C1[C@H]2CNC[C@@H]12. The maximum Gasteiger partial charge on any atom is 0.224 e. The fourth-order valence-corrected chi connectivity index (χ4v) is 4.09. The number of rotatable bonds is 2. The van der Waals surface area contributed by atoms with Crippen molar-refractivity contribution in [1.82, 2.24) is 16.0 Å². The summed E-state index contributed by atoms with van der Waals surface area (Å²) in [5, 5.41) is 10.1. The minimum absolute atomic E-state index is 0.294. The first-order valence-corrected chi connectivity index (χ1v) is 7.14. The zero-order chi connectivity index (χ0) is 12.1. The summed E-state index contributed by atoms with van der Waals surface area (Å²) in [6.45, 7) is 5.58. The molecule has 18 heavy (non-hydrogen) atoms. The quantitative estimate of drug-likeness (QED) is 0.577. The lowest BCUT2D eigenvalue weighted by atomic mass is 9.83. The Kier molecular flexibility index (Phi) is 2.60. The summed E-state index contributed by atoms with van der Waals surface area (Å²) in [6, 6.07) is 0.335. The molecule has 1 aliphatic carbocycles. The second-order valence-corrected chi connectivity index (χ2v) is 6.26. The third-order valence-corrected chi connectivity index (χ3v) is 5.20. The van der Waals surface area contributed by atoms with E-state index >= 15 is 0 Å². The molecule has 5 atom stereocenters. The van der Waals surface area contributed by atoms with Crippen LogP contribution in [0.4, 0.5) is 0 Å². The molecule has 1 amide bonds. The zero-order valence-corrected chi connectivity index (χ0v) is 10.5. The van der Waals surface area contributed by atoms with E-state index in [0.717, 1.165) is 39.4 Å². The van der Waals surface area contributed by atoms with E-state index in [1.165, 1.54) is 0 Å². The van der Waals surface area contributed by atoms with E-state index in [1.54, 1.807) is 0 Å². The number of ether oxygens (including phenoxy) is 1. The molecule has 5 heteroatoms. The number of carbonyl (C=O) groups excluding carboxylic acids is 1. The third kappa shape index (κ3) is 1.68. The Hall–Kier alpha value is -0.650. The van der Waals surface area contributed by atoms with Crippen molar-refractivity contribution in [3.05, 3.63) is 0 Å². The van der Waals surface area contributed by atoms with Crippen molar-refractivity contribution in [3.63, 3.8) is 0 Å². The van der Waals surface area contributed by atoms with E-state index in [1.807, 2.05) is 0 Å². The van der Waals surface area contributed by atoms with Crippen LogP contribution in [0.2, 0.25) is 0 Å². The van der Waals surface area contributed by atoms with E-state index in [0.29, 0.717) is 41.5 Å². The molecular weight excluding hydrogens is 230 g/mol. The summed E-state index contributed by atoms with van der Waals surface area (Å²) in [4.78, 5) is 12.3. The van der Waals surface area contributed by atoms with Crippen molar-refractivity contribution in [2.45, 2.75) is 6.04 Å². The van der Waals surface area contributed by atoms with Crippen LogP contribution in [-0.4, -0.2) is 51.3 Å². The summed E-state index contributed by atoms with van der Waals surface area (Å²) in [5.41, 5.74) is 0. The van der Waals surface area contributed by atoms with Crippen LogP contribution in [0.15, 0.2) is 0 Å². The van der Waals surface area contributed by atoms with Crippen LogP contribution in [-0.2, 0) is 9.53 Å². The van der Waals surface area contributed by atoms with Crippen molar-refractivity contribution in [2.24, 2.45) is 29.6 Å². The van der Waals surface area contributed by atoms with E-state index in [9.17, 15) is 4.79 Å². The van der Waals surface area contributed by atoms with Crippen molar-refractivity contribution in [1.29, 1.82) is 0 Å². The molecule has 3 N–H and O–H groups in total. The Bertz CT molecular complexity index is 330. The molecule has 0 spiro atoms. The minimum Gasteiger partial charge on any atom is -0.381 e. The lowest BCUT2D eigenvalue weighted by Gasteiger charge is -2.43. The van der Waals surface area contributed by atoms with E-state index in [2.05, 4.69) is 16.0 Å². The van der Waals surface area contributed by atoms with Gasteiger partial charge in [0.15, 0.2) is 0 Å². The van der Waals surface area contributed by atoms with Gasteiger partial charge in [0.25, 0.3) is 0 Å². The summed E-state index contributed by atoms with van der Waals surface area (Å²) < 4.78 is 5.60. The van der Waals surface area contributed by atoms with Gasteiger partial charge in [-0.2, -0.15) is 0 Å². The summed E-state index contributed by atoms with van der Waals surface area (Å²) in [7, 11) is 0. The van der Waals surface area contributed by atoms with Gasteiger partial charge >= 0.3 is 0 Å². The molecule has 4 rings (SSSR count). The molecule has 0 aromatic carbocycles. The van der Waals surface area contributed by atoms with Gasteiger partial charge in [-0.3, -0.25) is 4.79 Å². The van der Waals surface area contributed by atoms with Crippen molar-refractivity contribution in [2.75, 3.05) is 39.4 Å². The normalized spacial score (nSPS) is 49.6. The van der Waals surface area contributed by atoms with Gasteiger partial charge in [-0.15, -0.1) is 0 Å². The highest BCUT2D eigenvalue weighted by Gasteiger charge is 2.57. The summed E-state index contributed by atoms with van der Waals surface area (Å²) >= 11 is 0. The van der Waals surface area contributed by atoms with Gasteiger partial charge in [-0.25, -0.2) is 0 Å². The van der Waals surface area contributed by atoms with Gasteiger partial charge in [-0.05, 0) is 24.9 Å².